The number of hydrogen-bond donors (Lipinski definition) is 3. The number of rotatable bonds is 3. The first kappa shape index (κ1) is 16.6. The molecule has 3 heterocycles. The van der Waals surface area contributed by atoms with Gasteiger partial charge in [-0.1, -0.05) is 6.07 Å². The maximum absolute atomic E-state index is 12.1. The van der Waals surface area contributed by atoms with Crippen molar-refractivity contribution in [3.63, 3.8) is 0 Å². The molecule has 0 saturated heterocycles. The van der Waals surface area contributed by atoms with Crippen LogP contribution in [0.1, 0.15) is 21.5 Å². The molecule has 4 rings (SSSR count). The molecule has 0 atom stereocenters. The molecule has 0 aliphatic heterocycles. The molecule has 5 N–H and O–H groups in total. The summed E-state index contributed by atoms with van der Waals surface area (Å²) in [5, 5.41) is 10.1. The number of fused-ring (bicyclic) bond motifs is 1. The highest BCUT2D eigenvalue weighted by Crippen LogP contribution is 2.35. The number of pyridine rings is 1. The number of nitrogens with two attached hydrogens (primary N) is 2. The second-order valence-electron chi connectivity index (χ2n) is 6.28. The molecule has 8 heteroatoms. The maximum atomic E-state index is 12.1. The van der Waals surface area contributed by atoms with Crippen LogP contribution in [0.4, 0.5) is 5.82 Å². The van der Waals surface area contributed by atoms with E-state index in [4.69, 9.17) is 15.9 Å². The van der Waals surface area contributed by atoms with Gasteiger partial charge in [0.05, 0.1) is 11.8 Å². The lowest BCUT2D eigenvalue weighted by Crippen LogP contribution is -2.13. The summed E-state index contributed by atoms with van der Waals surface area (Å²) in [5.74, 6) is 0.0433. The SMILES string of the molecule is Cc1ccc(O)c(C)c1-c1cc(C(N)=O)c2nc(-c3ncco3)c(N)n2c1. The molecule has 27 heavy (non-hydrogen) atoms. The van der Waals surface area contributed by atoms with E-state index in [1.807, 2.05) is 6.92 Å². The zero-order chi connectivity index (χ0) is 19.3. The third kappa shape index (κ3) is 2.50. The van der Waals surface area contributed by atoms with Gasteiger partial charge in [0.25, 0.3) is 5.91 Å². The Labute approximate surface area is 154 Å². The van der Waals surface area contributed by atoms with Gasteiger partial charge >= 0.3 is 0 Å². The number of aryl methyl sites for hydroxylation is 1. The number of benzene rings is 1. The van der Waals surface area contributed by atoms with Crippen LogP contribution in [0.3, 0.4) is 0 Å². The monoisotopic (exact) mass is 363 g/mol. The smallest absolute Gasteiger partial charge is 0.252 e. The van der Waals surface area contributed by atoms with E-state index in [1.54, 1.807) is 35.7 Å². The molecule has 4 aromatic rings. The van der Waals surface area contributed by atoms with E-state index in [1.165, 1.54) is 12.5 Å². The lowest BCUT2D eigenvalue weighted by molar-refractivity contribution is 0.100. The predicted octanol–water partition coefficient (Wildman–Crippen LogP) is 2.66. The Balaban J connectivity index is 2.07. The molecule has 0 aliphatic carbocycles. The number of primary amides is 1. The largest absolute Gasteiger partial charge is 0.508 e. The molecule has 0 saturated carbocycles. The fourth-order valence-corrected chi connectivity index (χ4v) is 3.26. The van der Waals surface area contributed by atoms with Crippen LogP contribution in [0.25, 0.3) is 28.4 Å². The van der Waals surface area contributed by atoms with Crippen LogP contribution in [0, 0.1) is 13.8 Å². The van der Waals surface area contributed by atoms with Gasteiger partial charge in [0.1, 0.15) is 17.8 Å². The van der Waals surface area contributed by atoms with Crippen molar-refractivity contribution >= 4 is 17.4 Å². The predicted molar refractivity (Wildman–Crippen MR) is 100 cm³/mol. The topological polar surface area (TPSA) is 133 Å². The Hall–Kier alpha value is -3.81. The minimum Gasteiger partial charge on any atom is -0.508 e. The summed E-state index contributed by atoms with van der Waals surface area (Å²) in [6, 6.07) is 5.09. The van der Waals surface area contributed by atoms with Gasteiger partial charge in [-0.15, -0.1) is 0 Å². The van der Waals surface area contributed by atoms with Crippen molar-refractivity contribution in [1.29, 1.82) is 0 Å². The van der Waals surface area contributed by atoms with Crippen molar-refractivity contribution in [2.75, 3.05) is 5.73 Å². The number of oxazole rings is 1. The van der Waals surface area contributed by atoms with Gasteiger partial charge in [0.2, 0.25) is 5.89 Å². The highest BCUT2D eigenvalue weighted by Gasteiger charge is 2.21. The quantitative estimate of drug-likeness (QED) is 0.512. The zero-order valence-corrected chi connectivity index (χ0v) is 14.7. The van der Waals surface area contributed by atoms with Crippen LogP contribution in [0.2, 0.25) is 0 Å². The number of amides is 1. The first-order valence-electron chi connectivity index (χ1n) is 8.19. The second kappa shape index (κ2) is 5.87. The molecule has 3 aromatic heterocycles. The van der Waals surface area contributed by atoms with E-state index in [0.717, 1.165) is 11.1 Å². The lowest BCUT2D eigenvalue weighted by Gasteiger charge is -2.13. The third-order valence-electron chi connectivity index (χ3n) is 4.59. The number of nitrogens with zero attached hydrogens (tertiary/aromatic N) is 3. The fourth-order valence-electron chi connectivity index (χ4n) is 3.26. The molecular formula is C19H17N5O3. The Bertz CT molecular complexity index is 1190. The minimum atomic E-state index is -0.638. The maximum Gasteiger partial charge on any atom is 0.252 e. The number of anilines is 1. The van der Waals surface area contributed by atoms with E-state index in [-0.39, 0.29) is 23.0 Å². The number of aromatic nitrogens is 3. The van der Waals surface area contributed by atoms with Crippen molar-refractivity contribution in [2.24, 2.45) is 5.73 Å². The van der Waals surface area contributed by atoms with Crippen molar-refractivity contribution in [2.45, 2.75) is 13.8 Å². The van der Waals surface area contributed by atoms with Gasteiger partial charge in [0, 0.05) is 6.20 Å². The summed E-state index contributed by atoms with van der Waals surface area (Å²) in [6.45, 7) is 3.73. The van der Waals surface area contributed by atoms with E-state index in [2.05, 4.69) is 9.97 Å². The van der Waals surface area contributed by atoms with Gasteiger partial charge in [-0.25, -0.2) is 9.97 Å². The molecule has 0 fully saturated rings. The number of phenols is 1. The standard InChI is InChI=1S/C19H17N5O3/c1-9-3-4-13(25)10(2)14(9)11-7-12(17(21)26)18-23-15(16(20)24(18)8-11)19-22-5-6-27-19/h3-8,25H,20H2,1-2H3,(H2,21,26). The van der Waals surface area contributed by atoms with Gasteiger partial charge < -0.3 is 21.0 Å². The normalized spacial score (nSPS) is 11.2. The van der Waals surface area contributed by atoms with Crippen molar-refractivity contribution in [3.05, 3.63) is 53.5 Å². The van der Waals surface area contributed by atoms with Crippen molar-refractivity contribution in [1.82, 2.24) is 14.4 Å². The van der Waals surface area contributed by atoms with Crippen molar-refractivity contribution in [3.8, 4) is 28.5 Å². The Morgan fingerprint density at radius 2 is 2.07 bits per heavy atom. The van der Waals surface area contributed by atoms with Crippen LogP contribution in [0.15, 0.2) is 41.3 Å². The first-order valence-corrected chi connectivity index (χ1v) is 8.19. The molecule has 0 unspecified atom stereocenters. The highest BCUT2D eigenvalue weighted by molar-refractivity contribution is 6.01. The Kier molecular flexibility index (Phi) is 3.62. The number of aromatic hydroxyl groups is 1. The zero-order valence-electron chi connectivity index (χ0n) is 14.7. The second-order valence-corrected chi connectivity index (χ2v) is 6.28. The molecular weight excluding hydrogens is 346 g/mol. The summed E-state index contributed by atoms with van der Waals surface area (Å²) in [4.78, 5) is 20.6. The summed E-state index contributed by atoms with van der Waals surface area (Å²) in [7, 11) is 0. The van der Waals surface area contributed by atoms with Crippen LogP contribution < -0.4 is 11.5 Å². The third-order valence-corrected chi connectivity index (χ3v) is 4.59. The summed E-state index contributed by atoms with van der Waals surface area (Å²) in [6.07, 6.45) is 4.66. The summed E-state index contributed by atoms with van der Waals surface area (Å²) < 4.78 is 6.86. The Morgan fingerprint density at radius 3 is 2.74 bits per heavy atom. The molecule has 136 valence electrons. The van der Waals surface area contributed by atoms with Gasteiger partial charge in [-0.2, -0.15) is 0 Å². The molecule has 0 aliphatic rings. The number of carbonyl (C=O) groups is 1. The van der Waals surface area contributed by atoms with Crippen LogP contribution in [-0.4, -0.2) is 25.4 Å². The van der Waals surface area contributed by atoms with E-state index < -0.39 is 5.91 Å². The number of carbonyl (C=O) groups excluding carboxylic acids is 1. The van der Waals surface area contributed by atoms with Crippen LogP contribution in [0.5, 0.6) is 5.75 Å². The number of imidazole rings is 1. The summed E-state index contributed by atoms with van der Waals surface area (Å²) in [5.41, 5.74) is 15.8. The van der Waals surface area contributed by atoms with Gasteiger partial charge in [-0.3, -0.25) is 9.20 Å². The first-order chi connectivity index (χ1) is 12.9. The average molecular weight is 363 g/mol. The average Bonchev–Trinajstić information content (AvgIpc) is 3.26. The Morgan fingerprint density at radius 1 is 1.30 bits per heavy atom. The number of phenolic OH excluding ortho intramolecular Hbond substituents is 1. The van der Waals surface area contributed by atoms with Crippen LogP contribution in [-0.2, 0) is 0 Å². The van der Waals surface area contributed by atoms with Crippen molar-refractivity contribution < 1.29 is 14.3 Å². The lowest BCUT2D eigenvalue weighted by atomic mass is 9.95. The molecule has 0 bridgehead atoms. The van der Waals surface area contributed by atoms with Gasteiger partial charge in [0.15, 0.2) is 11.3 Å². The van der Waals surface area contributed by atoms with Gasteiger partial charge in [-0.05, 0) is 48.2 Å². The molecule has 1 aromatic carbocycles. The minimum absolute atomic E-state index is 0.162. The fraction of sp³-hybridized carbons (Fsp3) is 0.105. The van der Waals surface area contributed by atoms with E-state index in [0.29, 0.717) is 22.5 Å². The molecule has 1 amide bonds. The highest BCUT2D eigenvalue weighted by atomic mass is 16.3. The van der Waals surface area contributed by atoms with E-state index >= 15 is 0 Å². The number of nitrogen functional groups attached to an aromatic ring is 1. The summed E-state index contributed by atoms with van der Waals surface area (Å²) >= 11 is 0. The molecule has 0 spiro atoms. The molecule has 8 nitrogen and oxygen atoms in total. The van der Waals surface area contributed by atoms with Crippen LogP contribution >= 0.6 is 0 Å². The van der Waals surface area contributed by atoms with E-state index in [9.17, 15) is 9.90 Å². The number of hydrogen-bond acceptors (Lipinski definition) is 6. The molecule has 0 radical (unpaired) electrons.